The Bertz CT molecular complexity index is 1180. The van der Waals surface area contributed by atoms with Gasteiger partial charge in [-0.3, -0.25) is 9.59 Å². The highest BCUT2D eigenvalue weighted by molar-refractivity contribution is 7.88. The number of rotatable bonds is 5. The Morgan fingerprint density at radius 3 is 2.42 bits per heavy atom. The summed E-state index contributed by atoms with van der Waals surface area (Å²) in [5.74, 6) is -1.69. The van der Waals surface area contributed by atoms with Gasteiger partial charge in [0.15, 0.2) is 0 Å². The lowest BCUT2D eigenvalue weighted by Gasteiger charge is -2.40. The number of Topliss-reactive ketones (excluding diaryl/α,β-unsaturated/α-hetero) is 1. The molecule has 198 valence electrons. The number of halogens is 1. The second kappa shape index (κ2) is 9.09. The molecule has 0 aromatic heterocycles. The number of fused-ring (bicyclic) bond motifs is 1. The molecule has 2 heterocycles. The van der Waals surface area contributed by atoms with E-state index < -0.39 is 33.1 Å². The number of hydrogen-bond acceptors (Lipinski definition) is 6. The Balaban J connectivity index is 1.38. The maximum Gasteiger partial charge on any atom is 0.410 e. The second-order valence-electron chi connectivity index (χ2n) is 11.6. The number of nitrogens with zero attached hydrogens (tertiary/aromatic N) is 2. The molecule has 3 aliphatic rings. The molecule has 1 N–H and O–H groups in total. The second-order valence-corrected chi connectivity index (χ2v) is 13.5. The Morgan fingerprint density at radius 2 is 1.83 bits per heavy atom. The first-order chi connectivity index (χ1) is 16.6. The molecule has 36 heavy (non-hydrogen) atoms. The van der Waals surface area contributed by atoms with E-state index in [9.17, 15) is 27.2 Å². The van der Waals surface area contributed by atoms with Crippen LogP contribution in [0.15, 0.2) is 18.2 Å². The van der Waals surface area contributed by atoms with Gasteiger partial charge in [-0.1, -0.05) is 6.07 Å². The summed E-state index contributed by atoms with van der Waals surface area (Å²) < 4.78 is 47.4. The summed E-state index contributed by atoms with van der Waals surface area (Å²) in [5.41, 5.74) is -1.17. The van der Waals surface area contributed by atoms with E-state index in [4.69, 9.17) is 4.74 Å². The molecule has 4 rings (SSSR count). The average Bonchev–Trinajstić information content (AvgIpc) is 3.21. The van der Waals surface area contributed by atoms with Crippen molar-refractivity contribution in [1.82, 2.24) is 9.21 Å². The fourth-order valence-electron chi connectivity index (χ4n) is 5.36. The van der Waals surface area contributed by atoms with E-state index in [1.807, 2.05) is 0 Å². The largest absolute Gasteiger partial charge is 0.444 e. The summed E-state index contributed by atoms with van der Waals surface area (Å²) in [6.45, 7) is 9.74. The van der Waals surface area contributed by atoms with E-state index >= 15 is 0 Å². The van der Waals surface area contributed by atoms with Gasteiger partial charge in [-0.25, -0.2) is 17.6 Å². The van der Waals surface area contributed by atoms with Crippen molar-refractivity contribution in [3.05, 3.63) is 29.6 Å². The van der Waals surface area contributed by atoms with E-state index in [0.29, 0.717) is 18.7 Å². The Kier molecular flexibility index (Phi) is 6.70. The first kappa shape index (κ1) is 26.5. The molecular weight excluding hydrogens is 489 g/mol. The van der Waals surface area contributed by atoms with Crippen LogP contribution in [0.1, 0.15) is 53.0 Å². The minimum atomic E-state index is -3.77. The molecule has 9 nitrogen and oxygen atoms in total. The van der Waals surface area contributed by atoms with Crippen LogP contribution >= 0.6 is 0 Å². The van der Waals surface area contributed by atoms with E-state index in [1.54, 1.807) is 39.5 Å². The summed E-state index contributed by atoms with van der Waals surface area (Å²) in [4.78, 5) is 38.5. The third-order valence-corrected chi connectivity index (χ3v) is 9.07. The van der Waals surface area contributed by atoms with Gasteiger partial charge >= 0.3 is 6.09 Å². The Labute approximate surface area is 211 Å². The van der Waals surface area contributed by atoms with Crippen LogP contribution in [0.2, 0.25) is 0 Å². The standard InChI is InChI=1S/C25H34FN3O6S/c1-24(2,3)35-23(32)28-12-17-18(13-28)21(17)22(31)27-20-10-15(6-7-19(20)26)14-36(33,34)29-9-8-16(30)11-25(29,4)5/h6-7,10,17-18,21H,8-9,11-14H2,1-5H3,(H,27,31)/t17-,18+,21?. The van der Waals surface area contributed by atoms with Crippen LogP contribution in [-0.2, 0) is 30.1 Å². The van der Waals surface area contributed by atoms with Crippen LogP contribution in [0.5, 0.6) is 0 Å². The molecule has 2 saturated heterocycles. The molecule has 0 radical (unpaired) electrons. The van der Waals surface area contributed by atoms with Crippen molar-refractivity contribution in [2.75, 3.05) is 25.0 Å². The lowest BCUT2D eigenvalue weighted by Crippen LogP contribution is -2.53. The topological polar surface area (TPSA) is 113 Å². The van der Waals surface area contributed by atoms with E-state index in [-0.39, 0.29) is 60.3 Å². The number of carbonyl (C=O) groups excluding carboxylic acids is 3. The maximum atomic E-state index is 14.5. The lowest BCUT2D eigenvalue weighted by molar-refractivity contribution is -0.123. The number of ketones is 1. The Hall–Kier alpha value is -2.53. The van der Waals surface area contributed by atoms with Crippen molar-refractivity contribution in [2.45, 2.75) is 64.4 Å². The number of hydrogen-bond donors (Lipinski definition) is 1. The van der Waals surface area contributed by atoms with Gasteiger partial charge in [0.1, 0.15) is 17.2 Å². The lowest BCUT2D eigenvalue weighted by atomic mass is 9.92. The third kappa shape index (κ3) is 5.56. The van der Waals surface area contributed by atoms with Crippen molar-refractivity contribution in [3.8, 4) is 0 Å². The maximum absolute atomic E-state index is 14.5. The van der Waals surface area contributed by atoms with Crippen LogP contribution in [0, 0.1) is 23.6 Å². The molecule has 2 amide bonds. The summed E-state index contributed by atoms with van der Waals surface area (Å²) in [5, 5.41) is 2.61. The number of nitrogens with one attached hydrogen (secondary N) is 1. The van der Waals surface area contributed by atoms with Crippen LogP contribution in [0.3, 0.4) is 0 Å². The number of carbonyl (C=O) groups is 3. The molecule has 1 aliphatic carbocycles. The molecule has 1 aromatic carbocycles. The molecule has 1 unspecified atom stereocenters. The first-order valence-electron chi connectivity index (χ1n) is 12.2. The van der Waals surface area contributed by atoms with Crippen LogP contribution in [-0.4, -0.2) is 66.2 Å². The number of amides is 2. The van der Waals surface area contributed by atoms with Crippen molar-refractivity contribution in [2.24, 2.45) is 17.8 Å². The normalized spacial score (nSPS) is 25.9. The summed E-state index contributed by atoms with van der Waals surface area (Å²) in [6, 6.07) is 3.87. The van der Waals surface area contributed by atoms with Crippen molar-refractivity contribution in [3.63, 3.8) is 0 Å². The monoisotopic (exact) mass is 523 g/mol. The summed E-state index contributed by atoms with van der Waals surface area (Å²) >= 11 is 0. The minimum Gasteiger partial charge on any atom is -0.444 e. The molecule has 3 atom stereocenters. The van der Waals surface area contributed by atoms with Gasteiger partial charge in [0.2, 0.25) is 15.9 Å². The predicted molar refractivity (Wildman–Crippen MR) is 131 cm³/mol. The minimum absolute atomic E-state index is 0.00631. The average molecular weight is 524 g/mol. The number of anilines is 1. The van der Waals surface area contributed by atoms with Crippen LogP contribution < -0.4 is 5.32 Å². The zero-order valence-electron chi connectivity index (χ0n) is 21.3. The predicted octanol–water partition coefficient (Wildman–Crippen LogP) is 3.15. The first-order valence-corrected chi connectivity index (χ1v) is 13.8. The molecular formula is C25H34FN3O6S. The van der Waals surface area contributed by atoms with Gasteiger partial charge < -0.3 is 15.0 Å². The number of ether oxygens (including phenoxy) is 1. The number of likely N-dealkylation sites (tertiary alicyclic amines) is 1. The van der Waals surface area contributed by atoms with Gasteiger partial charge in [0.25, 0.3) is 0 Å². The van der Waals surface area contributed by atoms with E-state index in [0.717, 1.165) is 6.07 Å². The molecule has 2 aliphatic heterocycles. The zero-order chi connectivity index (χ0) is 26.6. The number of benzene rings is 1. The molecule has 1 aromatic rings. The van der Waals surface area contributed by atoms with Crippen molar-refractivity contribution in [1.29, 1.82) is 0 Å². The fourth-order valence-corrected chi connectivity index (χ4v) is 7.30. The highest BCUT2D eigenvalue weighted by Gasteiger charge is 2.60. The highest BCUT2D eigenvalue weighted by atomic mass is 32.2. The summed E-state index contributed by atoms with van der Waals surface area (Å²) in [7, 11) is -3.77. The highest BCUT2D eigenvalue weighted by Crippen LogP contribution is 2.52. The smallest absolute Gasteiger partial charge is 0.410 e. The van der Waals surface area contributed by atoms with Gasteiger partial charge in [-0.15, -0.1) is 0 Å². The van der Waals surface area contributed by atoms with E-state index in [1.165, 1.54) is 16.4 Å². The third-order valence-electron chi connectivity index (χ3n) is 7.02. The Morgan fingerprint density at radius 1 is 1.19 bits per heavy atom. The number of sulfonamides is 1. The van der Waals surface area contributed by atoms with Gasteiger partial charge in [0.05, 0.1) is 11.4 Å². The van der Waals surface area contributed by atoms with Gasteiger partial charge in [-0.2, -0.15) is 4.31 Å². The molecule has 1 saturated carbocycles. The van der Waals surface area contributed by atoms with E-state index in [2.05, 4.69) is 5.32 Å². The SMILES string of the molecule is CC(C)(C)OC(=O)N1C[C@@H]2C(C(=O)Nc3cc(CS(=O)(=O)N4CCC(=O)CC4(C)C)ccc3F)[C@@H]2C1. The van der Waals surface area contributed by atoms with Crippen molar-refractivity contribution < 1.29 is 31.9 Å². The van der Waals surface area contributed by atoms with Gasteiger partial charge in [0, 0.05) is 43.9 Å². The molecule has 11 heteroatoms. The summed E-state index contributed by atoms with van der Waals surface area (Å²) in [6.07, 6.45) is -0.0934. The van der Waals surface area contributed by atoms with Gasteiger partial charge in [-0.05, 0) is 64.2 Å². The van der Waals surface area contributed by atoms with Crippen molar-refractivity contribution >= 4 is 33.5 Å². The molecule has 0 bridgehead atoms. The molecule has 0 spiro atoms. The quantitative estimate of drug-likeness (QED) is 0.635. The molecule has 3 fully saturated rings. The van der Waals surface area contributed by atoms with Crippen LogP contribution in [0.4, 0.5) is 14.9 Å². The fraction of sp³-hybridized carbons (Fsp3) is 0.640. The number of piperidine rings is 2. The van der Waals surface area contributed by atoms with Crippen LogP contribution in [0.25, 0.3) is 0 Å². The zero-order valence-corrected chi connectivity index (χ0v) is 22.2.